The molecule has 0 aromatic heterocycles. The average molecular weight is 336 g/mol. The molecule has 0 aliphatic carbocycles. The minimum Gasteiger partial charge on any atom is -0.337 e. The highest BCUT2D eigenvalue weighted by atomic mass is 35.5. The van der Waals surface area contributed by atoms with Crippen molar-refractivity contribution in [3.05, 3.63) is 64.2 Å². The second-order valence-corrected chi connectivity index (χ2v) is 7.03. The van der Waals surface area contributed by atoms with Crippen molar-refractivity contribution in [2.75, 3.05) is 13.3 Å². The van der Waals surface area contributed by atoms with Crippen LogP contribution in [0.2, 0.25) is 5.02 Å². The highest BCUT2D eigenvalue weighted by molar-refractivity contribution is 7.84. The molecule has 0 fully saturated rings. The topological polar surface area (TPSA) is 37.4 Å². The molecule has 0 saturated carbocycles. The largest absolute Gasteiger partial charge is 0.337 e. The number of nitrogens with zero attached hydrogens (tertiary/aromatic N) is 1. The summed E-state index contributed by atoms with van der Waals surface area (Å²) in [6.07, 6.45) is 1.65. The molecule has 0 spiro atoms. The van der Waals surface area contributed by atoms with E-state index in [4.69, 9.17) is 11.6 Å². The molecular formula is C17H18ClNO2S. The monoisotopic (exact) mass is 335 g/mol. The fourth-order valence-electron chi connectivity index (χ4n) is 2.20. The molecule has 0 aliphatic heterocycles. The third-order valence-electron chi connectivity index (χ3n) is 3.44. The first-order valence-corrected chi connectivity index (χ1v) is 8.76. The Hall–Kier alpha value is -1.65. The van der Waals surface area contributed by atoms with Gasteiger partial charge in [-0.25, -0.2) is 0 Å². The average Bonchev–Trinajstić information content (AvgIpc) is 2.47. The van der Waals surface area contributed by atoms with Crippen molar-refractivity contribution in [1.29, 1.82) is 0 Å². The number of carbonyl (C=O) groups is 1. The Morgan fingerprint density at radius 2 is 1.82 bits per heavy atom. The molecule has 0 radical (unpaired) electrons. The van der Waals surface area contributed by atoms with Gasteiger partial charge in [-0.2, -0.15) is 0 Å². The summed E-state index contributed by atoms with van der Waals surface area (Å²) in [6, 6.07) is 12.7. The number of amides is 1. The van der Waals surface area contributed by atoms with Crippen LogP contribution in [0.15, 0.2) is 47.4 Å². The van der Waals surface area contributed by atoms with Gasteiger partial charge < -0.3 is 4.90 Å². The van der Waals surface area contributed by atoms with Crippen molar-refractivity contribution in [3.8, 4) is 0 Å². The van der Waals surface area contributed by atoms with Crippen molar-refractivity contribution >= 4 is 28.3 Å². The zero-order chi connectivity index (χ0) is 16.3. The zero-order valence-electron chi connectivity index (χ0n) is 12.8. The number of benzene rings is 2. The van der Waals surface area contributed by atoms with Crippen LogP contribution in [-0.4, -0.2) is 28.3 Å². The van der Waals surface area contributed by atoms with Crippen LogP contribution >= 0.6 is 11.6 Å². The molecule has 0 heterocycles. The van der Waals surface area contributed by atoms with Crippen LogP contribution in [0.3, 0.4) is 0 Å². The molecule has 5 heteroatoms. The number of hydrogen-bond donors (Lipinski definition) is 0. The lowest BCUT2D eigenvalue weighted by molar-refractivity contribution is 0.0784. The highest BCUT2D eigenvalue weighted by Gasteiger charge is 2.14. The van der Waals surface area contributed by atoms with Gasteiger partial charge in [-0.05, 0) is 48.4 Å². The van der Waals surface area contributed by atoms with Crippen LogP contribution < -0.4 is 0 Å². The maximum absolute atomic E-state index is 12.5. The third kappa shape index (κ3) is 3.96. The van der Waals surface area contributed by atoms with E-state index in [1.165, 1.54) is 0 Å². The van der Waals surface area contributed by atoms with Gasteiger partial charge in [0.1, 0.15) is 0 Å². The molecule has 0 aliphatic rings. The van der Waals surface area contributed by atoms with E-state index in [0.717, 1.165) is 16.0 Å². The summed E-state index contributed by atoms with van der Waals surface area (Å²) in [5.74, 6) is -0.0442. The summed E-state index contributed by atoms with van der Waals surface area (Å²) in [4.78, 5) is 14.9. The predicted molar refractivity (Wildman–Crippen MR) is 90.8 cm³/mol. The maximum atomic E-state index is 12.5. The third-order valence-corrected chi connectivity index (χ3v) is 4.61. The van der Waals surface area contributed by atoms with E-state index in [-0.39, 0.29) is 5.91 Å². The van der Waals surface area contributed by atoms with E-state index < -0.39 is 10.8 Å². The van der Waals surface area contributed by atoms with Crippen LogP contribution in [0.1, 0.15) is 21.5 Å². The van der Waals surface area contributed by atoms with Crippen molar-refractivity contribution < 1.29 is 9.00 Å². The molecule has 0 N–H and O–H groups in total. The fraction of sp³-hybridized carbons (Fsp3) is 0.235. The summed E-state index contributed by atoms with van der Waals surface area (Å²) < 4.78 is 11.4. The Labute approximate surface area is 138 Å². The van der Waals surface area contributed by atoms with Gasteiger partial charge in [-0.1, -0.05) is 23.7 Å². The van der Waals surface area contributed by atoms with E-state index in [2.05, 4.69) is 0 Å². The van der Waals surface area contributed by atoms with Crippen molar-refractivity contribution in [2.24, 2.45) is 0 Å². The summed E-state index contributed by atoms with van der Waals surface area (Å²) in [6.45, 7) is 2.37. The molecule has 2 rings (SSSR count). The normalized spacial score (nSPS) is 12.0. The second-order valence-electron chi connectivity index (χ2n) is 5.22. The van der Waals surface area contributed by atoms with Crippen molar-refractivity contribution in [2.45, 2.75) is 18.4 Å². The Bertz CT molecular complexity index is 713. The molecule has 116 valence electrons. The van der Waals surface area contributed by atoms with Crippen LogP contribution in [0.5, 0.6) is 0 Å². The first-order chi connectivity index (χ1) is 10.4. The lowest BCUT2D eigenvalue weighted by atomic mass is 10.1. The van der Waals surface area contributed by atoms with Gasteiger partial charge in [-0.15, -0.1) is 0 Å². The lowest BCUT2D eigenvalue weighted by Crippen LogP contribution is -2.26. The standard InChI is InChI=1S/C17H18ClNO2S/c1-12-10-14(18)6-9-16(12)17(20)19(2)11-13-4-7-15(8-5-13)22(3)21/h4-10H,11H2,1-3H3. The Morgan fingerprint density at radius 1 is 1.18 bits per heavy atom. The molecule has 0 bridgehead atoms. The van der Waals surface area contributed by atoms with Crippen molar-refractivity contribution in [1.82, 2.24) is 4.90 Å². The predicted octanol–water partition coefficient (Wildman–Crippen LogP) is 3.66. The number of aryl methyl sites for hydroxylation is 1. The first-order valence-electron chi connectivity index (χ1n) is 6.82. The molecule has 1 unspecified atom stereocenters. The molecule has 1 atom stereocenters. The molecule has 22 heavy (non-hydrogen) atoms. The minimum atomic E-state index is -0.987. The summed E-state index contributed by atoms with van der Waals surface area (Å²) in [5.41, 5.74) is 2.51. The molecule has 1 amide bonds. The van der Waals surface area contributed by atoms with Crippen LogP contribution in [-0.2, 0) is 17.3 Å². The SMILES string of the molecule is Cc1cc(Cl)ccc1C(=O)N(C)Cc1ccc(S(C)=O)cc1. The zero-order valence-corrected chi connectivity index (χ0v) is 14.4. The fourth-order valence-corrected chi connectivity index (χ4v) is 2.95. The van der Waals surface area contributed by atoms with Crippen LogP contribution in [0, 0.1) is 6.92 Å². The second kappa shape index (κ2) is 7.07. The van der Waals surface area contributed by atoms with Gasteiger partial charge in [0.15, 0.2) is 0 Å². The minimum absolute atomic E-state index is 0.0442. The summed E-state index contributed by atoms with van der Waals surface area (Å²) in [7, 11) is 0.779. The van der Waals surface area contributed by atoms with Gasteiger partial charge in [0, 0.05) is 46.1 Å². The highest BCUT2D eigenvalue weighted by Crippen LogP contribution is 2.18. The number of halogens is 1. The quantitative estimate of drug-likeness (QED) is 0.855. The maximum Gasteiger partial charge on any atom is 0.254 e. The Balaban J connectivity index is 2.12. The van der Waals surface area contributed by atoms with E-state index in [1.807, 2.05) is 31.2 Å². The Kier molecular flexibility index (Phi) is 5.37. The van der Waals surface area contributed by atoms with Gasteiger partial charge in [0.05, 0.1) is 0 Å². The van der Waals surface area contributed by atoms with Crippen LogP contribution in [0.25, 0.3) is 0 Å². The number of carbonyl (C=O) groups excluding carboxylic acids is 1. The molecule has 2 aromatic rings. The van der Waals surface area contributed by atoms with E-state index in [9.17, 15) is 9.00 Å². The Morgan fingerprint density at radius 3 is 2.36 bits per heavy atom. The van der Waals surface area contributed by atoms with Crippen molar-refractivity contribution in [3.63, 3.8) is 0 Å². The number of hydrogen-bond acceptors (Lipinski definition) is 2. The van der Waals surface area contributed by atoms with Gasteiger partial charge in [0.2, 0.25) is 0 Å². The molecular weight excluding hydrogens is 318 g/mol. The van der Waals surface area contributed by atoms with E-state index in [0.29, 0.717) is 17.1 Å². The van der Waals surface area contributed by atoms with E-state index in [1.54, 1.807) is 36.4 Å². The first kappa shape index (κ1) is 16.7. The van der Waals surface area contributed by atoms with Crippen LogP contribution in [0.4, 0.5) is 0 Å². The van der Waals surface area contributed by atoms with Gasteiger partial charge >= 0.3 is 0 Å². The smallest absolute Gasteiger partial charge is 0.254 e. The molecule has 3 nitrogen and oxygen atoms in total. The summed E-state index contributed by atoms with van der Waals surface area (Å²) in [5, 5.41) is 0.625. The van der Waals surface area contributed by atoms with Gasteiger partial charge in [-0.3, -0.25) is 9.00 Å². The van der Waals surface area contributed by atoms with E-state index >= 15 is 0 Å². The lowest BCUT2D eigenvalue weighted by Gasteiger charge is -2.18. The van der Waals surface area contributed by atoms with Gasteiger partial charge in [0.25, 0.3) is 5.91 Å². The summed E-state index contributed by atoms with van der Waals surface area (Å²) >= 11 is 5.92. The molecule has 0 saturated heterocycles. The number of rotatable bonds is 4. The molecule has 2 aromatic carbocycles.